The first-order valence-electron chi connectivity index (χ1n) is 9.54. The maximum atomic E-state index is 12.3. The minimum absolute atomic E-state index is 0.0435. The average Bonchev–Trinajstić information content (AvgIpc) is 3.01. The highest BCUT2D eigenvalue weighted by atomic mass is 16.5. The Labute approximate surface area is 160 Å². The second kappa shape index (κ2) is 4.67. The van der Waals surface area contributed by atoms with Gasteiger partial charge in [-0.25, -0.2) is 0 Å². The molecule has 2 aromatic rings. The molecule has 5 N–H and O–H groups in total. The minimum Gasteiger partial charge on any atom is -0.497 e. The molecule has 4 atom stereocenters. The smallest absolute Gasteiger partial charge is 0.261 e. The van der Waals surface area contributed by atoms with Crippen LogP contribution in [0.5, 0.6) is 5.75 Å². The number of aliphatic hydroxyl groups is 1. The number of carbonyl (C=O) groups excluding carboxylic acids is 1. The molecule has 1 aromatic carbocycles. The third kappa shape index (κ3) is 1.53. The molecule has 2 heterocycles. The van der Waals surface area contributed by atoms with E-state index in [9.17, 15) is 14.7 Å². The van der Waals surface area contributed by atoms with Crippen molar-refractivity contribution in [3.05, 3.63) is 62.6 Å². The van der Waals surface area contributed by atoms with Gasteiger partial charge in [-0.2, -0.15) is 0 Å². The lowest BCUT2D eigenvalue weighted by molar-refractivity contribution is -0.0717. The van der Waals surface area contributed by atoms with E-state index in [2.05, 4.69) is 16.4 Å². The van der Waals surface area contributed by atoms with Crippen LogP contribution >= 0.6 is 0 Å². The van der Waals surface area contributed by atoms with Gasteiger partial charge in [-0.3, -0.25) is 9.59 Å². The summed E-state index contributed by atoms with van der Waals surface area (Å²) in [5, 5.41) is 15.5. The molecule has 7 heteroatoms. The van der Waals surface area contributed by atoms with Crippen LogP contribution in [0.3, 0.4) is 0 Å². The summed E-state index contributed by atoms with van der Waals surface area (Å²) in [6.45, 7) is 0.834. The number of hydrogen-bond acceptors (Lipinski definition) is 5. The van der Waals surface area contributed by atoms with E-state index in [4.69, 9.17) is 10.5 Å². The van der Waals surface area contributed by atoms with Crippen LogP contribution in [0.4, 0.5) is 0 Å². The highest BCUT2D eigenvalue weighted by molar-refractivity contribution is 5.92. The number of nitrogens with one attached hydrogen (secondary N) is 2. The topological polar surface area (TPSA) is 117 Å². The number of methoxy groups -OCH3 is 1. The van der Waals surface area contributed by atoms with E-state index in [1.807, 2.05) is 12.1 Å². The molecular weight excluding hydrogens is 358 g/mol. The van der Waals surface area contributed by atoms with Crippen LogP contribution in [-0.2, 0) is 23.7 Å². The lowest BCUT2D eigenvalue weighted by atomic mass is 9.56. The lowest BCUT2D eigenvalue weighted by Crippen LogP contribution is -2.74. The largest absolute Gasteiger partial charge is 0.497 e. The fraction of sp³-hybridized carbons (Fsp3) is 0.429. The number of rotatable bonds is 2. The van der Waals surface area contributed by atoms with Gasteiger partial charge in [-0.05, 0) is 41.3 Å². The summed E-state index contributed by atoms with van der Waals surface area (Å²) in [6.07, 6.45) is 1.73. The van der Waals surface area contributed by atoms with Crippen molar-refractivity contribution in [3.63, 3.8) is 0 Å². The van der Waals surface area contributed by atoms with Gasteiger partial charge in [-0.15, -0.1) is 0 Å². The Morgan fingerprint density at radius 3 is 2.79 bits per heavy atom. The van der Waals surface area contributed by atoms with Crippen molar-refractivity contribution in [2.75, 3.05) is 13.7 Å². The van der Waals surface area contributed by atoms with Gasteiger partial charge in [0.25, 0.3) is 11.5 Å². The number of aromatic nitrogens is 1. The molecule has 0 radical (unpaired) electrons. The minimum atomic E-state index is -0.995. The number of aromatic amines is 1. The molecule has 2 spiro atoms. The van der Waals surface area contributed by atoms with Gasteiger partial charge < -0.3 is 25.9 Å². The fourth-order valence-electron chi connectivity index (χ4n) is 6.65. The van der Waals surface area contributed by atoms with Crippen molar-refractivity contribution in [1.29, 1.82) is 0 Å². The molecule has 6 rings (SSSR count). The van der Waals surface area contributed by atoms with Crippen molar-refractivity contribution in [2.24, 2.45) is 5.73 Å². The van der Waals surface area contributed by atoms with Crippen LogP contribution in [0.15, 0.2) is 29.1 Å². The van der Waals surface area contributed by atoms with Crippen molar-refractivity contribution >= 4 is 5.91 Å². The van der Waals surface area contributed by atoms with Crippen molar-refractivity contribution in [3.8, 4) is 5.75 Å². The number of hydrogen-bond donors (Lipinski definition) is 4. The van der Waals surface area contributed by atoms with Crippen LogP contribution in [0.2, 0.25) is 0 Å². The zero-order valence-corrected chi connectivity index (χ0v) is 15.5. The number of H-pyrrole nitrogens is 1. The van der Waals surface area contributed by atoms with E-state index in [1.54, 1.807) is 13.2 Å². The van der Waals surface area contributed by atoms with Gasteiger partial charge in [0.15, 0.2) is 0 Å². The van der Waals surface area contributed by atoms with E-state index < -0.39 is 22.5 Å². The monoisotopic (exact) mass is 379 g/mol. The second-order valence-electron chi connectivity index (χ2n) is 8.80. The lowest BCUT2D eigenvalue weighted by Gasteiger charge is -2.57. The summed E-state index contributed by atoms with van der Waals surface area (Å²) >= 11 is 0. The van der Waals surface area contributed by atoms with E-state index >= 15 is 0 Å². The molecule has 144 valence electrons. The summed E-state index contributed by atoms with van der Waals surface area (Å²) in [4.78, 5) is 26.8. The van der Waals surface area contributed by atoms with Crippen molar-refractivity contribution < 1.29 is 14.6 Å². The van der Waals surface area contributed by atoms with Crippen molar-refractivity contribution in [1.82, 2.24) is 10.3 Å². The first-order chi connectivity index (χ1) is 13.3. The first-order valence-corrected chi connectivity index (χ1v) is 9.54. The molecular formula is C21H21N3O4. The summed E-state index contributed by atoms with van der Waals surface area (Å²) in [5.74, 6) is 0.0178. The predicted octanol–water partition coefficient (Wildman–Crippen LogP) is -0.123. The number of carbonyl (C=O) groups is 1. The van der Waals surface area contributed by atoms with E-state index in [1.165, 1.54) is 5.56 Å². The molecule has 1 unspecified atom stereocenters. The summed E-state index contributed by atoms with van der Waals surface area (Å²) < 4.78 is 5.46. The summed E-state index contributed by atoms with van der Waals surface area (Å²) in [5.41, 5.74) is 7.23. The second-order valence-corrected chi connectivity index (χ2v) is 8.80. The molecule has 1 amide bonds. The molecule has 2 fully saturated rings. The Hall–Kier alpha value is -2.64. The van der Waals surface area contributed by atoms with Crippen LogP contribution in [0.1, 0.15) is 39.2 Å². The maximum Gasteiger partial charge on any atom is 0.261 e. The summed E-state index contributed by atoms with van der Waals surface area (Å²) in [7, 11) is 1.64. The molecule has 1 saturated carbocycles. The average molecular weight is 379 g/mol. The Balaban J connectivity index is 1.60. The SMILES string of the molecule is COc1ccc2c(c1)[C@@]13Cc4[nH]c(=O)c(C(N)=O)cc4C[C@@]1(O)[C@@H]1NCC21C3. The van der Waals surface area contributed by atoms with Crippen LogP contribution < -0.4 is 21.3 Å². The molecule has 28 heavy (non-hydrogen) atoms. The number of nitrogens with two attached hydrogens (primary N) is 1. The summed E-state index contributed by atoms with van der Waals surface area (Å²) in [6, 6.07) is 7.68. The third-order valence-corrected chi connectivity index (χ3v) is 7.80. The van der Waals surface area contributed by atoms with E-state index in [0.29, 0.717) is 12.8 Å². The van der Waals surface area contributed by atoms with Gasteiger partial charge in [0.2, 0.25) is 0 Å². The maximum absolute atomic E-state index is 12.3. The van der Waals surface area contributed by atoms with Gasteiger partial charge in [0.1, 0.15) is 11.3 Å². The van der Waals surface area contributed by atoms with Crippen LogP contribution in [-0.4, -0.2) is 41.3 Å². The predicted molar refractivity (Wildman–Crippen MR) is 101 cm³/mol. The quantitative estimate of drug-likeness (QED) is 0.580. The van der Waals surface area contributed by atoms with Crippen LogP contribution in [0.25, 0.3) is 0 Å². The highest BCUT2D eigenvalue weighted by Gasteiger charge is 2.78. The van der Waals surface area contributed by atoms with E-state index in [-0.39, 0.29) is 17.0 Å². The molecule has 2 bridgehead atoms. The Kier molecular flexibility index (Phi) is 2.72. The van der Waals surface area contributed by atoms with Gasteiger partial charge in [0.05, 0.1) is 12.7 Å². The molecule has 4 aliphatic rings. The highest BCUT2D eigenvalue weighted by Crippen LogP contribution is 2.70. The third-order valence-electron chi connectivity index (χ3n) is 7.80. The number of pyridine rings is 1. The Morgan fingerprint density at radius 1 is 1.29 bits per heavy atom. The Bertz CT molecular complexity index is 1140. The zero-order valence-electron chi connectivity index (χ0n) is 15.5. The van der Waals surface area contributed by atoms with Crippen molar-refractivity contribution in [2.45, 2.75) is 41.7 Å². The molecule has 1 saturated heterocycles. The number of amides is 1. The normalized spacial score (nSPS) is 36.0. The van der Waals surface area contributed by atoms with E-state index in [0.717, 1.165) is 35.5 Å². The number of ether oxygens (including phenoxy) is 1. The Morgan fingerprint density at radius 2 is 2.11 bits per heavy atom. The zero-order chi connectivity index (χ0) is 19.5. The van der Waals surface area contributed by atoms with Crippen LogP contribution in [0, 0.1) is 0 Å². The van der Waals surface area contributed by atoms with Gasteiger partial charge in [0, 0.05) is 42.0 Å². The molecule has 7 nitrogen and oxygen atoms in total. The standard InChI is InChI=1S/C21H21N3O4/c1-28-11-2-3-13-14(5-11)20-7-15-10(4-12(16(22)25)17(26)24-15)6-21(20,27)18-19(13,8-20)9-23-18/h2-5,18,23,27H,6-9H2,1H3,(H2,22,25)(H,24,26)/t18-,19?,20+,21-/m1/s1. The number of fused-ring (bicyclic) bond motifs is 3. The molecule has 3 aliphatic carbocycles. The number of benzene rings is 1. The number of primary amides is 1. The van der Waals surface area contributed by atoms with Gasteiger partial charge >= 0.3 is 0 Å². The molecule has 1 aromatic heterocycles. The fourth-order valence-corrected chi connectivity index (χ4v) is 6.65. The first kappa shape index (κ1) is 16.3. The molecule has 1 aliphatic heterocycles. The van der Waals surface area contributed by atoms with Gasteiger partial charge in [-0.1, -0.05) is 6.07 Å².